The van der Waals surface area contributed by atoms with Crippen molar-refractivity contribution in [3.63, 3.8) is 0 Å². The maximum Gasteiger partial charge on any atom is 0.243 e. The monoisotopic (exact) mass is 476 g/mol. The van der Waals surface area contributed by atoms with Gasteiger partial charge in [-0.15, -0.1) is 0 Å². The Balaban J connectivity index is 2.41. The number of amides is 1. The fraction of sp³-hybridized carbons (Fsp3) is 0.417. The van der Waals surface area contributed by atoms with Crippen LogP contribution >= 0.6 is 0 Å². The molecule has 33 heavy (non-hydrogen) atoms. The summed E-state index contributed by atoms with van der Waals surface area (Å²) in [6.07, 6.45) is -0.253. The summed E-state index contributed by atoms with van der Waals surface area (Å²) in [4.78, 5) is 24.7. The molecule has 0 radical (unpaired) electrons. The number of carbonyl (C=O) groups is 2. The molecule has 9 heteroatoms. The molecule has 0 fully saturated rings. The summed E-state index contributed by atoms with van der Waals surface area (Å²) in [7, 11) is -2.23. The van der Waals surface area contributed by atoms with Gasteiger partial charge in [0.05, 0.1) is 30.2 Å². The number of methoxy groups -OCH3 is 1. The van der Waals surface area contributed by atoms with E-state index in [1.54, 1.807) is 38.1 Å². The first-order valence-electron chi connectivity index (χ1n) is 10.8. The Morgan fingerprint density at radius 1 is 1.03 bits per heavy atom. The van der Waals surface area contributed by atoms with Gasteiger partial charge in [0.2, 0.25) is 15.9 Å². The van der Waals surface area contributed by atoms with Gasteiger partial charge in [-0.1, -0.05) is 13.8 Å². The van der Waals surface area contributed by atoms with Gasteiger partial charge in [0.15, 0.2) is 5.78 Å². The highest BCUT2D eigenvalue weighted by Gasteiger charge is 2.24. The highest BCUT2D eigenvalue weighted by atomic mass is 32.2. The first-order chi connectivity index (χ1) is 15.5. The van der Waals surface area contributed by atoms with E-state index in [1.165, 1.54) is 30.5 Å². The van der Waals surface area contributed by atoms with Gasteiger partial charge in [-0.3, -0.25) is 9.59 Å². The zero-order valence-electron chi connectivity index (χ0n) is 20.0. The number of ketones is 1. The van der Waals surface area contributed by atoms with Gasteiger partial charge < -0.3 is 14.8 Å². The molecule has 1 amide bonds. The first-order valence-corrected chi connectivity index (χ1v) is 12.3. The van der Waals surface area contributed by atoms with E-state index in [1.807, 2.05) is 13.8 Å². The number of hydrogen-bond acceptors (Lipinski definition) is 6. The number of Topliss-reactive ketones (excluding diaryl/α,β-unsaturated/α-hetero) is 1. The largest absolute Gasteiger partial charge is 0.496 e. The molecule has 0 unspecified atom stereocenters. The Labute approximate surface area is 195 Å². The number of nitrogens with zero attached hydrogens (tertiary/aromatic N) is 1. The van der Waals surface area contributed by atoms with Crippen molar-refractivity contribution in [2.45, 2.75) is 52.0 Å². The highest BCUT2D eigenvalue weighted by Crippen LogP contribution is 2.31. The Kier molecular flexibility index (Phi) is 9.01. The molecule has 1 N–H and O–H groups in total. The standard InChI is InChI=1S/C24H32N2O6S/c1-7-26(8-2)33(29,30)20-10-12-23(32-16(3)4)21(15-20)25-24(28)14-19-13-18(17(5)27)9-11-22(19)31-6/h9-13,15-16H,7-8,14H2,1-6H3,(H,25,28). The minimum atomic E-state index is -3.72. The molecular formula is C24H32N2O6S. The number of nitrogens with one attached hydrogen (secondary N) is 1. The number of anilines is 1. The van der Waals surface area contributed by atoms with E-state index in [0.717, 1.165) is 0 Å². The van der Waals surface area contributed by atoms with Crippen LogP contribution in [-0.2, 0) is 21.2 Å². The van der Waals surface area contributed by atoms with Gasteiger partial charge in [-0.25, -0.2) is 8.42 Å². The number of sulfonamides is 1. The van der Waals surface area contributed by atoms with Crippen molar-refractivity contribution in [2.24, 2.45) is 0 Å². The van der Waals surface area contributed by atoms with Crippen molar-refractivity contribution < 1.29 is 27.5 Å². The zero-order valence-corrected chi connectivity index (χ0v) is 20.8. The van der Waals surface area contributed by atoms with Crippen molar-refractivity contribution >= 4 is 27.4 Å². The van der Waals surface area contributed by atoms with Crippen molar-refractivity contribution in [3.8, 4) is 11.5 Å². The summed E-state index contributed by atoms with van der Waals surface area (Å²) < 4.78 is 38.4. The van der Waals surface area contributed by atoms with Gasteiger partial charge in [0.25, 0.3) is 0 Å². The smallest absolute Gasteiger partial charge is 0.243 e. The maximum atomic E-state index is 13.0. The number of benzene rings is 2. The number of rotatable bonds is 11. The van der Waals surface area contributed by atoms with Gasteiger partial charge >= 0.3 is 0 Å². The van der Waals surface area contributed by atoms with Crippen LogP contribution in [0.3, 0.4) is 0 Å². The topological polar surface area (TPSA) is 102 Å². The molecule has 0 aliphatic rings. The maximum absolute atomic E-state index is 13.0. The molecule has 0 atom stereocenters. The molecule has 2 aromatic carbocycles. The van der Waals surface area contributed by atoms with E-state index in [2.05, 4.69) is 5.32 Å². The van der Waals surface area contributed by atoms with Crippen molar-refractivity contribution in [2.75, 3.05) is 25.5 Å². The SMILES string of the molecule is CCN(CC)S(=O)(=O)c1ccc(OC(C)C)c(NC(=O)Cc2cc(C(C)=O)ccc2OC)c1. The summed E-state index contributed by atoms with van der Waals surface area (Å²) in [5.74, 6) is 0.314. The molecule has 0 saturated heterocycles. The van der Waals surface area contributed by atoms with E-state index in [9.17, 15) is 18.0 Å². The quantitative estimate of drug-likeness (QED) is 0.494. The fourth-order valence-corrected chi connectivity index (χ4v) is 4.82. The van der Waals surface area contributed by atoms with Crippen LogP contribution in [0.25, 0.3) is 0 Å². The lowest BCUT2D eigenvalue weighted by atomic mass is 10.0. The second-order valence-electron chi connectivity index (χ2n) is 7.72. The average molecular weight is 477 g/mol. The Morgan fingerprint density at radius 3 is 2.21 bits per heavy atom. The predicted molar refractivity (Wildman–Crippen MR) is 128 cm³/mol. The van der Waals surface area contributed by atoms with E-state index in [0.29, 0.717) is 35.7 Å². The molecule has 0 bridgehead atoms. The number of ether oxygens (including phenoxy) is 2. The summed E-state index contributed by atoms with van der Waals surface area (Å²) in [5, 5.41) is 2.76. The molecule has 0 aliphatic carbocycles. The van der Waals surface area contributed by atoms with Gasteiger partial charge in [0.1, 0.15) is 11.5 Å². The summed E-state index contributed by atoms with van der Waals surface area (Å²) in [5.41, 5.74) is 1.26. The molecule has 180 valence electrons. The van der Waals surface area contributed by atoms with E-state index in [4.69, 9.17) is 9.47 Å². The number of carbonyl (C=O) groups excluding carboxylic acids is 2. The molecule has 0 aliphatic heterocycles. The lowest BCUT2D eigenvalue weighted by Crippen LogP contribution is -2.30. The average Bonchev–Trinajstić information content (AvgIpc) is 2.75. The van der Waals surface area contributed by atoms with E-state index < -0.39 is 15.9 Å². The molecule has 0 heterocycles. The van der Waals surface area contributed by atoms with Crippen molar-refractivity contribution in [1.82, 2.24) is 4.31 Å². The number of hydrogen-bond donors (Lipinski definition) is 1. The van der Waals surface area contributed by atoms with Crippen LogP contribution in [0.5, 0.6) is 11.5 Å². The molecule has 8 nitrogen and oxygen atoms in total. The Hall–Kier alpha value is -2.91. The summed E-state index contributed by atoms with van der Waals surface area (Å²) >= 11 is 0. The van der Waals surface area contributed by atoms with E-state index >= 15 is 0 Å². The molecule has 2 rings (SSSR count). The second kappa shape index (κ2) is 11.3. The van der Waals surface area contributed by atoms with Crippen molar-refractivity contribution in [1.29, 1.82) is 0 Å². The minimum absolute atomic E-state index is 0.0637. The molecule has 0 saturated carbocycles. The fourth-order valence-electron chi connectivity index (χ4n) is 3.34. The van der Waals surface area contributed by atoms with E-state index in [-0.39, 0.29) is 28.9 Å². The van der Waals surface area contributed by atoms with Crippen LogP contribution in [-0.4, -0.2) is 50.7 Å². The predicted octanol–water partition coefficient (Wildman–Crippen LogP) is 3.90. The summed E-state index contributed by atoms with van der Waals surface area (Å²) in [6.45, 7) is 9.32. The lowest BCUT2D eigenvalue weighted by molar-refractivity contribution is -0.115. The molecule has 0 spiro atoms. The normalized spacial score (nSPS) is 11.5. The van der Waals surface area contributed by atoms with Crippen LogP contribution in [0.2, 0.25) is 0 Å². The highest BCUT2D eigenvalue weighted by molar-refractivity contribution is 7.89. The molecule has 0 aromatic heterocycles. The van der Waals surface area contributed by atoms with Crippen molar-refractivity contribution in [3.05, 3.63) is 47.5 Å². The van der Waals surface area contributed by atoms with Gasteiger partial charge in [-0.05, 0) is 57.2 Å². The summed E-state index contributed by atoms with van der Waals surface area (Å²) in [6, 6.07) is 9.33. The first kappa shape index (κ1) is 26.3. The van der Waals surface area contributed by atoms with Crippen LogP contribution in [0, 0.1) is 0 Å². The lowest BCUT2D eigenvalue weighted by Gasteiger charge is -2.21. The zero-order chi connectivity index (χ0) is 24.8. The third-order valence-electron chi connectivity index (χ3n) is 4.97. The minimum Gasteiger partial charge on any atom is -0.496 e. The van der Waals surface area contributed by atoms with Crippen LogP contribution < -0.4 is 14.8 Å². The van der Waals surface area contributed by atoms with Gasteiger partial charge in [-0.2, -0.15) is 4.31 Å². The molecule has 2 aromatic rings. The Bertz CT molecular complexity index is 1110. The third kappa shape index (κ3) is 6.55. The van der Waals surface area contributed by atoms with Crippen LogP contribution in [0.15, 0.2) is 41.3 Å². The third-order valence-corrected chi connectivity index (χ3v) is 7.01. The second-order valence-corrected chi connectivity index (χ2v) is 9.66. The van der Waals surface area contributed by atoms with Gasteiger partial charge in [0, 0.05) is 24.2 Å². The molecular weight excluding hydrogens is 444 g/mol. The van der Waals surface area contributed by atoms with Crippen LogP contribution in [0.4, 0.5) is 5.69 Å². The van der Waals surface area contributed by atoms with Crippen LogP contribution in [0.1, 0.15) is 50.5 Å². The Morgan fingerprint density at radius 2 is 1.67 bits per heavy atom.